The van der Waals surface area contributed by atoms with Crippen LogP contribution in [0, 0.1) is 5.82 Å². The van der Waals surface area contributed by atoms with Gasteiger partial charge in [-0.25, -0.2) is 4.39 Å². The fourth-order valence-corrected chi connectivity index (χ4v) is 2.15. The number of nitrogens with two attached hydrogens (primary N) is 1. The summed E-state index contributed by atoms with van der Waals surface area (Å²) in [5.41, 5.74) is 6.49. The van der Waals surface area contributed by atoms with Crippen LogP contribution < -0.4 is 20.5 Å². The largest absolute Gasteiger partial charge is 0.454 e. The van der Waals surface area contributed by atoms with Crippen LogP contribution in [-0.4, -0.2) is 12.7 Å². The number of primary amides is 1. The molecule has 6 heteroatoms. The third kappa shape index (κ3) is 2.60. The van der Waals surface area contributed by atoms with Crippen molar-refractivity contribution in [3.8, 4) is 11.5 Å². The highest BCUT2D eigenvalue weighted by Crippen LogP contribution is 2.35. The first kappa shape index (κ1) is 13.2. The number of carbonyl (C=O) groups excluding carboxylic acids is 1. The van der Waals surface area contributed by atoms with Crippen molar-refractivity contribution in [2.45, 2.75) is 6.54 Å². The Morgan fingerprint density at radius 2 is 2.14 bits per heavy atom. The van der Waals surface area contributed by atoms with Gasteiger partial charge in [-0.3, -0.25) is 4.79 Å². The van der Waals surface area contributed by atoms with E-state index in [9.17, 15) is 9.18 Å². The molecule has 5 nitrogen and oxygen atoms in total. The summed E-state index contributed by atoms with van der Waals surface area (Å²) in [4.78, 5) is 11.1. The van der Waals surface area contributed by atoms with Crippen molar-refractivity contribution in [3.63, 3.8) is 0 Å². The van der Waals surface area contributed by atoms with Crippen LogP contribution in [0.5, 0.6) is 11.5 Å². The average Bonchev–Trinajstić information content (AvgIpc) is 2.95. The van der Waals surface area contributed by atoms with Crippen LogP contribution >= 0.6 is 0 Å². The number of benzene rings is 2. The molecule has 0 fully saturated rings. The van der Waals surface area contributed by atoms with Crippen LogP contribution in [0.2, 0.25) is 0 Å². The lowest BCUT2D eigenvalue weighted by Gasteiger charge is -2.10. The molecule has 1 aliphatic rings. The Morgan fingerprint density at radius 3 is 2.95 bits per heavy atom. The first-order valence-corrected chi connectivity index (χ1v) is 6.36. The molecule has 3 rings (SSSR count). The molecule has 21 heavy (non-hydrogen) atoms. The molecule has 0 saturated heterocycles. The highest BCUT2D eigenvalue weighted by Gasteiger charge is 2.17. The molecule has 0 spiro atoms. The molecule has 2 aromatic carbocycles. The molecule has 0 radical (unpaired) electrons. The number of hydrogen-bond donors (Lipinski definition) is 2. The lowest BCUT2D eigenvalue weighted by Crippen LogP contribution is -2.13. The van der Waals surface area contributed by atoms with E-state index in [1.54, 1.807) is 6.07 Å². The van der Waals surface area contributed by atoms with Gasteiger partial charge in [0.25, 0.3) is 5.91 Å². The molecule has 1 heterocycles. The summed E-state index contributed by atoms with van der Waals surface area (Å²) < 4.78 is 24.1. The maximum Gasteiger partial charge on any atom is 0.251 e. The Labute approximate surface area is 120 Å². The van der Waals surface area contributed by atoms with Gasteiger partial charge in [-0.2, -0.15) is 0 Å². The monoisotopic (exact) mass is 288 g/mol. The molecule has 3 N–H and O–H groups in total. The smallest absolute Gasteiger partial charge is 0.251 e. The number of hydrogen-bond acceptors (Lipinski definition) is 4. The van der Waals surface area contributed by atoms with Gasteiger partial charge in [0.2, 0.25) is 6.79 Å². The minimum atomic E-state index is -0.798. The molecule has 0 bridgehead atoms. The number of para-hydroxylation sites is 1. The topological polar surface area (TPSA) is 73.6 Å². The van der Waals surface area contributed by atoms with Gasteiger partial charge in [0.05, 0.1) is 5.56 Å². The summed E-state index contributed by atoms with van der Waals surface area (Å²) in [6.45, 7) is 0.658. The molecule has 0 unspecified atom stereocenters. The zero-order chi connectivity index (χ0) is 14.8. The quantitative estimate of drug-likeness (QED) is 0.905. The molecule has 1 aliphatic heterocycles. The minimum Gasteiger partial charge on any atom is -0.454 e. The van der Waals surface area contributed by atoms with E-state index >= 15 is 0 Å². The Hall–Kier alpha value is -2.76. The second-order valence-corrected chi connectivity index (χ2v) is 4.56. The Morgan fingerprint density at radius 1 is 1.29 bits per heavy atom. The zero-order valence-electron chi connectivity index (χ0n) is 11.1. The predicted molar refractivity (Wildman–Crippen MR) is 74.8 cm³/mol. The number of rotatable bonds is 4. The van der Waals surface area contributed by atoms with Crippen molar-refractivity contribution in [1.29, 1.82) is 0 Å². The third-order valence-corrected chi connectivity index (χ3v) is 3.19. The highest BCUT2D eigenvalue weighted by molar-refractivity contribution is 5.94. The standard InChI is InChI=1S/C15H13FN2O3/c16-12-5-4-10(6-11(12)15(17)19)18-7-9-2-1-3-13-14(9)21-8-20-13/h1-6,18H,7-8H2,(H2,17,19). The second kappa shape index (κ2) is 5.32. The zero-order valence-corrected chi connectivity index (χ0v) is 11.1. The summed E-state index contributed by atoms with van der Waals surface area (Å²) in [5, 5.41) is 3.10. The van der Waals surface area contributed by atoms with Gasteiger partial charge >= 0.3 is 0 Å². The van der Waals surface area contributed by atoms with E-state index < -0.39 is 11.7 Å². The Kier molecular flexibility index (Phi) is 3.35. The summed E-state index contributed by atoms with van der Waals surface area (Å²) in [6, 6.07) is 9.73. The van der Waals surface area contributed by atoms with Gasteiger partial charge in [-0.05, 0) is 24.3 Å². The maximum absolute atomic E-state index is 13.4. The van der Waals surface area contributed by atoms with E-state index in [0.717, 1.165) is 5.56 Å². The van der Waals surface area contributed by atoms with E-state index in [4.69, 9.17) is 15.2 Å². The van der Waals surface area contributed by atoms with Crippen LogP contribution in [0.3, 0.4) is 0 Å². The second-order valence-electron chi connectivity index (χ2n) is 4.56. The van der Waals surface area contributed by atoms with Crippen molar-refractivity contribution in [3.05, 3.63) is 53.3 Å². The van der Waals surface area contributed by atoms with E-state index in [-0.39, 0.29) is 12.4 Å². The van der Waals surface area contributed by atoms with E-state index in [0.29, 0.717) is 23.7 Å². The number of carbonyl (C=O) groups is 1. The van der Waals surface area contributed by atoms with Gasteiger partial charge in [0.15, 0.2) is 11.5 Å². The van der Waals surface area contributed by atoms with Gasteiger partial charge < -0.3 is 20.5 Å². The molecule has 0 atom stereocenters. The van der Waals surface area contributed by atoms with Gasteiger partial charge in [0, 0.05) is 17.8 Å². The van der Waals surface area contributed by atoms with Crippen molar-refractivity contribution in [2.75, 3.05) is 12.1 Å². The average molecular weight is 288 g/mol. The summed E-state index contributed by atoms with van der Waals surface area (Å²) in [6.07, 6.45) is 0. The summed E-state index contributed by atoms with van der Waals surface area (Å²) in [5.74, 6) is -0.0349. The van der Waals surface area contributed by atoms with Crippen LogP contribution in [0.4, 0.5) is 10.1 Å². The van der Waals surface area contributed by atoms with E-state index in [1.165, 1.54) is 12.1 Å². The number of ether oxygens (including phenoxy) is 2. The molecule has 0 aliphatic carbocycles. The lowest BCUT2D eigenvalue weighted by atomic mass is 10.1. The molecule has 0 aromatic heterocycles. The molecular formula is C15H13FN2O3. The number of fused-ring (bicyclic) bond motifs is 1. The molecule has 108 valence electrons. The van der Waals surface area contributed by atoms with E-state index in [1.807, 2.05) is 18.2 Å². The van der Waals surface area contributed by atoms with Gasteiger partial charge in [-0.15, -0.1) is 0 Å². The molecule has 1 amide bonds. The molecule has 2 aromatic rings. The highest BCUT2D eigenvalue weighted by atomic mass is 19.1. The minimum absolute atomic E-state index is 0.141. The fourth-order valence-electron chi connectivity index (χ4n) is 2.15. The Balaban J connectivity index is 1.78. The van der Waals surface area contributed by atoms with Crippen molar-refractivity contribution >= 4 is 11.6 Å². The van der Waals surface area contributed by atoms with Crippen molar-refractivity contribution in [2.24, 2.45) is 5.73 Å². The summed E-state index contributed by atoms with van der Waals surface area (Å²) in [7, 11) is 0. The first-order chi connectivity index (χ1) is 10.1. The number of amides is 1. The van der Waals surface area contributed by atoms with E-state index in [2.05, 4.69) is 5.32 Å². The Bertz CT molecular complexity index is 703. The lowest BCUT2D eigenvalue weighted by molar-refractivity contribution is 0.0996. The van der Waals surface area contributed by atoms with Crippen LogP contribution in [0.15, 0.2) is 36.4 Å². The van der Waals surface area contributed by atoms with Crippen LogP contribution in [-0.2, 0) is 6.54 Å². The normalized spacial score (nSPS) is 12.2. The number of anilines is 1. The SMILES string of the molecule is NC(=O)c1cc(NCc2cccc3c2OCO3)ccc1F. The van der Waals surface area contributed by atoms with Crippen LogP contribution in [0.25, 0.3) is 0 Å². The number of halogens is 1. The third-order valence-electron chi connectivity index (χ3n) is 3.19. The van der Waals surface area contributed by atoms with Crippen molar-refractivity contribution in [1.82, 2.24) is 0 Å². The van der Waals surface area contributed by atoms with Gasteiger partial charge in [-0.1, -0.05) is 12.1 Å². The fraction of sp³-hybridized carbons (Fsp3) is 0.133. The predicted octanol–water partition coefficient (Wildman–Crippen LogP) is 2.27. The first-order valence-electron chi connectivity index (χ1n) is 6.36. The maximum atomic E-state index is 13.4. The molecular weight excluding hydrogens is 275 g/mol. The van der Waals surface area contributed by atoms with Gasteiger partial charge in [0.1, 0.15) is 5.82 Å². The number of nitrogens with one attached hydrogen (secondary N) is 1. The summed E-state index contributed by atoms with van der Waals surface area (Å²) >= 11 is 0. The van der Waals surface area contributed by atoms with Crippen molar-refractivity contribution < 1.29 is 18.7 Å². The molecule has 0 saturated carbocycles. The van der Waals surface area contributed by atoms with Crippen LogP contribution in [0.1, 0.15) is 15.9 Å².